The van der Waals surface area contributed by atoms with Gasteiger partial charge in [-0.2, -0.15) is 0 Å². The van der Waals surface area contributed by atoms with Crippen LogP contribution in [0.4, 0.5) is 0 Å². The quantitative estimate of drug-likeness (QED) is 0.564. The van der Waals surface area contributed by atoms with E-state index in [0.29, 0.717) is 12.8 Å². The van der Waals surface area contributed by atoms with Gasteiger partial charge in [0.1, 0.15) is 0 Å². The molecular weight excluding hydrogens is 168 g/mol. The van der Waals surface area contributed by atoms with Crippen molar-refractivity contribution < 1.29 is 9.59 Å². The van der Waals surface area contributed by atoms with Crippen molar-refractivity contribution in [2.45, 2.75) is 32.1 Å². The second-order valence-corrected chi connectivity index (χ2v) is 3.26. The lowest BCUT2D eigenvalue weighted by Gasteiger charge is -2.01. The van der Waals surface area contributed by atoms with Gasteiger partial charge in [-0.15, -0.1) is 0 Å². The Bertz CT molecular complexity index is 172. The van der Waals surface area contributed by atoms with Crippen LogP contribution in [0.5, 0.6) is 0 Å². The Balaban J connectivity index is 2.32. The van der Waals surface area contributed by atoms with Crippen LogP contribution in [0.15, 0.2) is 0 Å². The van der Waals surface area contributed by atoms with E-state index in [-0.39, 0.29) is 11.8 Å². The Morgan fingerprint density at radius 1 is 0.769 bits per heavy atom. The van der Waals surface area contributed by atoms with Gasteiger partial charge in [-0.25, -0.2) is 0 Å². The molecule has 0 atom stereocenters. The van der Waals surface area contributed by atoms with E-state index in [4.69, 9.17) is 0 Å². The third kappa shape index (κ3) is 4.50. The SMILES string of the molecule is O=C1CCC(=O)NCCCCCN1. The number of nitrogens with one attached hydrogen (secondary N) is 2. The van der Waals surface area contributed by atoms with E-state index in [2.05, 4.69) is 10.6 Å². The maximum atomic E-state index is 11.1. The largest absolute Gasteiger partial charge is 0.356 e. The smallest absolute Gasteiger partial charge is 0.220 e. The van der Waals surface area contributed by atoms with E-state index >= 15 is 0 Å². The molecule has 1 saturated heterocycles. The van der Waals surface area contributed by atoms with Gasteiger partial charge in [0.15, 0.2) is 0 Å². The van der Waals surface area contributed by atoms with E-state index in [9.17, 15) is 9.59 Å². The van der Waals surface area contributed by atoms with Crippen LogP contribution in [0, 0.1) is 0 Å². The first-order chi connectivity index (χ1) is 6.29. The molecule has 1 heterocycles. The van der Waals surface area contributed by atoms with Crippen LogP contribution in [-0.4, -0.2) is 24.9 Å². The molecule has 4 heteroatoms. The Hall–Kier alpha value is -1.06. The predicted molar refractivity (Wildman–Crippen MR) is 49.1 cm³/mol. The molecule has 0 aromatic carbocycles. The van der Waals surface area contributed by atoms with E-state index in [1.54, 1.807) is 0 Å². The summed E-state index contributed by atoms with van der Waals surface area (Å²) in [5.41, 5.74) is 0. The van der Waals surface area contributed by atoms with Gasteiger partial charge < -0.3 is 10.6 Å². The summed E-state index contributed by atoms with van der Waals surface area (Å²) in [6.45, 7) is 1.49. The maximum absolute atomic E-state index is 11.1. The molecule has 0 aliphatic carbocycles. The minimum Gasteiger partial charge on any atom is -0.356 e. The summed E-state index contributed by atoms with van der Waals surface area (Å²) in [6.07, 6.45) is 3.68. The molecule has 13 heavy (non-hydrogen) atoms. The monoisotopic (exact) mass is 184 g/mol. The molecule has 74 valence electrons. The fourth-order valence-corrected chi connectivity index (χ4v) is 1.29. The van der Waals surface area contributed by atoms with Crippen molar-refractivity contribution in [3.05, 3.63) is 0 Å². The Kier molecular flexibility index (Phi) is 4.29. The molecule has 0 unspecified atom stereocenters. The van der Waals surface area contributed by atoms with Gasteiger partial charge in [-0.05, 0) is 19.3 Å². The molecule has 0 spiro atoms. The predicted octanol–water partition coefficient (Wildman–Crippen LogP) is 0.183. The van der Waals surface area contributed by atoms with Gasteiger partial charge in [0, 0.05) is 25.9 Å². The summed E-state index contributed by atoms with van der Waals surface area (Å²) in [4.78, 5) is 22.1. The summed E-state index contributed by atoms with van der Waals surface area (Å²) < 4.78 is 0. The zero-order valence-corrected chi connectivity index (χ0v) is 7.77. The molecule has 2 amide bonds. The second kappa shape index (κ2) is 5.56. The van der Waals surface area contributed by atoms with E-state index < -0.39 is 0 Å². The zero-order chi connectivity index (χ0) is 9.52. The van der Waals surface area contributed by atoms with Crippen LogP contribution in [-0.2, 0) is 9.59 Å². The van der Waals surface area contributed by atoms with Crippen LogP contribution >= 0.6 is 0 Å². The standard InChI is InChI=1S/C9H16N2O2/c12-8-4-5-9(13)11-7-3-1-2-6-10-8/h1-7H2,(H,10,12)(H,11,13). The van der Waals surface area contributed by atoms with Gasteiger partial charge in [-0.3, -0.25) is 9.59 Å². The van der Waals surface area contributed by atoms with E-state index in [0.717, 1.165) is 32.4 Å². The summed E-state index contributed by atoms with van der Waals surface area (Å²) in [5.74, 6) is -0.0332. The molecule has 2 N–H and O–H groups in total. The lowest BCUT2D eigenvalue weighted by molar-refractivity contribution is -0.126. The highest BCUT2D eigenvalue weighted by molar-refractivity contribution is 5.83. The maximum Gasteiger partial charge on any atom is 0.220 e. The molecule has 0 aromatic heterocycles. The number of rotatable bonds is 0. The zero-order valence-electron chi connectivity index (χ0n) is 7.77. The third-order valence-electron chi connectivity index (χ3n) is 2.08. The van der Waals surface area contributed by atoms with Crippen LogP contribution in [0.2, 0.25) is 0 Å². The van der Waals surface area contributed by atoms with Crippen molar-refractivity contribution in [2.75, 3.05) is 13.1 Å². The summed E-state index contributed by atoms with van der Waals surface area (Å²) in [6, 6.07) is 0. The minimum atomic E-state index is -0.0166. The molecule has 1 aliphatic heterocycles. The van der Waals surface area contributed by atoms with E-state index in [1.807, 2.05) is 0 Å². The van der Waals surface area contributed by atoms with Crippen molar-refractivity contribution in [1.29, 1.82) is 0 Å². The van der Waals surface area contributed by atoms with Gasteiger partial charge in [-0.1, -0.05) is 0 Å². The fourth-order valence-electron chi connectivity index (χ4n) is 1.29. The molecule has 4 nitrogen and oxygen atoms in total. The summed E-state index contributed by atoms with van der Waals surface area (Å²) >= 11 is 0. The molecule has 0 aromatic rings. The van der Waals surface area contributed by atoms with Crippen molar-refractivity contribution in [2.24, 2.45) is 0 Å². The number of carbonyl (C=O) groups is 2. The Labute approximate surface area is 78.1 Å². The highest BCUT2D eigenvalue weighted by Crippen LogP contribution is 1.96. The Morgan fingerprint density at radius 3 is 1.69 bits per heavy atom. The average Bonchev–Trinajstić information content (AvgIpc) is 2.15. The van der Waals surface area contributed by atoms with Gasteiger partial charge in [0.05, 0.1) is 0 Å². The average molecular weight is 184 g/mol. The van der Waals surface area contributed by atoms with Gasteiger partial charge in [0.2, 0.25) is 11.8 Å². The van der Waals surface area contributed by atoms with Crippen molar-refractivity contribution in [3.8, 4) is 0 Å². The molecule has 0 bridgehead atoms. The molecule has 1 rings (SSSR count). The number of hydrogen-bond donors (Lipinski definition) is 2. The normalized spacial score (nSPS) is 21.2. The van der Waals surface area contributed by atoms with Crippen molar-refractivity contribution in [3.63, 3.8) is 0 Å². The van der Waals surface area contributed by atoms with Gasteiger partial charge >= 0.3 is 0 Å². The molecule has 0 saturated carbocycles. The topological polar surface area (TPSA) is 58.2 Å². The summed E-state index contributed by atoms with van der Waals surface area (Å²) in [5, 5.41) is 5.56. The molecule has 1 fully saturated rings. The van der Waals surface area contributed by atoms with Crippen LogP contribution in [0.1, 0.15) is 32.1 Å². The first-order valence-corrected chi connectivity index (χ1v) is 4.82. The van der Waals surface area contributed by atoms with Crippen LogP contribution in [0.3, 0.4) is 0 Å². The first kappa shape index (κ1) is 10.0. The van der Waals surface area contributed by atoms with Crippen LogP contribution in [0.25, 0.3) is 0 Å². The highest BCUT2D eigenvalue weighted by atomic mass is 16.2. The number of amides is 2. The van der Waals surface area contributed by atoms with Crippen molar-refractivity contribution >= 4 is 11.8 Å². The molecular formula is C9H16N2O2. The fraction of sp³-hybridized carbons (Fsp3) is 0.778. The minimum absolute atomic E-state index is 0.0166. The van der Waals surface area contributed by atoms with Gasteiger partial charge in [0.25, 0.3) is 0 Å². The molecule has 1 aliphatic rings. The molecule has 0 radical (unpaired) electrons. The van der Waals surface area contributed by atoms with E-state index in [1.165, 1.54) is 0 Å². The Morgan fingerprint density at radius 2 is 1.23 bits per heavy atom. The lowest BCUT2D eigenvalue weighted by atomic mass is 10.2. The second-order valence-electron chi connectivity index (χ2n) is 3.26. The number of hydrogen-bond acceptors (Lipinski definition) is 2. The van der Waals surface area contributed by atoms with Crippen molar-refractivity contribution in [1.82, 2.24) is 10.6 Å². The third-order valence-corrected chi connectivity index (χ3v) is 2.08. The summed E-state index contributed by atoms with van der Waals surface area (Å²) in [7, 11) is 0. The first-order valence-electron chi connectivity index (χ1n) is 4.82. The highest BCUT2D eigenvalue weighted by Gasteiger charge is 2.07. The van der Waals surface area contributed by atoms with Crippen LogP contribution < -0.4 is 10.6 Å². The number of carbonyl (C=O) groups excluding carboxylic acids is 2. The lowest BCUT2D eigenvalue weighted by Crippen LogP contribution is -2.27.